The van der Waals surface area contributed by atoms with Crippen molar-refractivity contribution in [3.05, 3.63) is 29.8 Å². The fourth-order valence-electron chi connectivity index (χ4n) is 1.14. The van der Waals surface area contributed by atoms with Crippen molar-refractivity contribution in [1.82, 2.24) is 0 Å². The van der Waals surface area contributed by atoms with Crippen LogP contribution in [0.25, 0.3) is 0 Å². The molecular formula is C12H18ClNO3. The summed E-state index contributed by atoms with van der Waals surface area (Å²) < 4.78 is 5.80. The van der Waals surface area contributed by atoms with E-state index in [1.807, 2.05) is 21.1 Å². The van der Waals surface area contributed by atoms with Crippen LogP contribution in [0.15, 0.2) is 24.3 Å². The molecule has 4 nitrogen and oxygen atoms in total. The maximum atomic E-state index is 11.6. The predicted octanol–water partition coefficient (Wildman–Crippen LogP) is -1.74. The number of phenols is 1. The number of phenolic OH excluding ortho intramolecular Hbond substituents is 1. The lowest BCUT2D eigenvalue weighted by atomic mass is 10.2. The number of carbonyl (C=O) groups is 1. The first-order chi connectivity index (χ1) is 7.40. The molecule has 0 fully saturated rings. The summed E-state index contributed by atoms with van der Waals surface area (Å²) >= 11 is 0. The molecule has 0 heterocycles. The molecule has 0 unspecified atom stereocenters. The molecule has 0 amide bonds. The van der Waals surface area contributed by atoms with Gasteiger partial charge in [-0.1, -0.05) is 12.1 Å². The lowest BCUT2D eigenvalue weighted by Gasteiger charge is -2.23. The topological polar surface area (TPSA) is 46.5 Å². The van der Waals surface area contributed by atoms with Gasteiger partial charge in [-0.15, -0.1) is 0 Å². The maximum absolute atomic E-state index is 11.6. The first-order valence-electron chi connectivity index (χ1n) is 5.16. The summed E-state index contributed by atoms with van der Waals surface area (Å²) in [6.45, 7) is 1.08. The standard InChI is InChI=1S/C12H17NO3.ClH/c1-13(2,3)8-9-16-12(15)10-6-4-5-7-11(10)14;/h4-7H,8-9H2,1-3H3;1H. The number of likely N-dealkylation sites (N-methyl/N-ethyl adjacent to an activating group) is 1. The number of para-hydroxylation sites is 1. The molecule has 0 spiro atoms. The third kappa shape index (κ3) is 5.56. The fraction of sp³-hybridized carbons (Fsp3) is 0.417. The van der Waals surface area contributed by atoms with E-state index in [0.717, 1.165) is 11.0 Å². The molecule has 0 atom stereocenters. The van der Waals surface area contributed by atoms with Crippen molar-refractivity contribution >= 4 is 5.97 Å². The first-order valence-corrected chi connectivity index (χ1v) is 5.16. The Balaban J connectivity index is 0.00000256. The van der Waals surface area contributed by atoms with Crippen LogP contribution in [0, 0.1) is 0 Å². The van der Waals surface area contributed by atoms with E-state index in [2.05, 4.69) is 0 Å². The third-order valence-electron chi connectivity index (χ3n) is 2.12. The quantitative estimate of drug-likeness (QED) is 0.516. The number of hydrogen-bond acceptors (Lipinski definition) is 3. The molecule has 0 aromatic heterocycles. The molecule has 1 rings (SSSR count). The second-order valence-corrected chi connectivity index (χ2v) is 4.67. The molecule has 0 aliphatic carbocycles. The minimum Gasteiger partial charge on any atom is -1.00 e. The smallest absolute Gasteiger partial charge is 0.342 e. The molecule has 0 saturated carbocycles. The number of aromatic hydroxyl groups is 1. The lowest BCUT2D eigenvalue weighted by molar-refractivity contribution is -0.870. The van der Waals surface area contributed by atoms with Crippen LogP contribution in [-0.2, 0) is 4.74 Å². The molecule has 0 saturated heterocycles. The zero-order chi connectivity index (χ0) is 12.2. The molecule has 0 aliphatic rings. The lowest BCUT2D eigenvalue weighted by Crippen LogP contribution is -3.00. The summed E-state index contributed by atoms with van der Waals surface area (Å²) in [5, 5.41) is 9.44. The second-order valence-electron chi connectivity index (χ2n) is 4.67. The van der Waals surface area contributed by atoms with Gasteiger partial charge < -0.3 is 26.7 Å². The number of esters is 1. The van der Waals surface area contributed by atoms with Crippen molar-refractivity contribution in [3.63, 3.8) is 0 Å². The van der Waals surface area contributed by atoms with Gasteiger partial charge in [0.2, 0.25) is 0 Å². The highest BCUT2D eigenvalue weighted by Crippen LogP contribution is 2.16. The van der Waals surface area contributed by atoms with Gasteiger partial charge in [-0.2, -0.15) is 0 Å². The molecular weight excluding hydrogens is 242 g/mol. The highest BCUT2D eigenvalue weighted by Gasteiger charge is 2.13. The van der Waals surface area contributed by atoms with Gasteiger partial charge in [-0.05, 0) is 12.1 Å². The summed E-state index contributed by atoms with van der Waals surface area (Å²) in [6.07, 6.45) is 0. The Morgan fingerprint density at radius 2 is 1.88 bits per heavy atom. The van der Waals surface area contributed by atoms with Crippen LogP contribution < -0.4 is 12.4 Å². The van der Waals surface area contributed by atoms with Crippen molar-refractivity contribution in [2.24, 2.45) is 0 Å². The summed E-state index contributed by atoms with van der Waals surface area (Å²) in [4.78, 5) is 11.6. The Morgan fingerprint density at radius 1 is 1.29 bits per heavy atom. The zero-order valence-electron chi connectivity index (χ0n) is 10.3. The van der Waals surface area contributed by atoms with Gasteiger partial charge in [-0.25, -0.2) is 4.79 Å². The molecule has 1 N–H and O–H groups in total. The number of rotatable bonds is 4. The zero-order valence-corrected chi connectivity index (χ0v) is 11.1. The number of halogens is 1. The van der Waals surface area contributed by atoms with E-state index in [0.29, 0.717) is 6.61 Å². The highest BCUT2D eigenvalue weighted by atomic mass is 35.5. The summed E-state index contributed by atoms with van der Waals surface area (Å²) in [5.41, 5.74) is 0.212. The summed E-state index contributed by atoms with van der Waals surface area (Å²) in [7, 11) is 6.06. The van der Waals surface area contributed by atoms with Crippen molar-refractivity contribution in [3.8, 4) is 5.75 Å². The average molecular weight is 260 g/mol. The van der Waals surface area contributed by atoms with Gasteiger partial charge in [-0.3, -0.25) is 0 Å². The van der Waals surface area contributed by atoms with Gasteiger partial charge in [0.1, 0.15) is 24.5 Å². The van der Waals surface area contributed by atoms with Gasteiger partial charge in [0.25, 0.3) is 0 Å². The minimum atomic E-state index is -0.480. The molecule has 5 heteroatoms. The number of hydrogen-bond donors (Lipinski definition) is 1. The van der Waals surface area contributed by atoms with Crippen LogP contribution in [0.4, 0.5) is 0 Å². The van der Waals surface area contributed by atoms with Crippen LogP contribution >= 0.6 is 0 Å². The van der Waals surface area contributed by atoms with E-state index in [4.69, 9.17) is 4.74 Å². The number of quaternary nitrogens is 1. The Bertz CT molecular complexity index is 374. The average Bonchev–Trinajstić information content (AvgIpc) is 2.16. The molecule has 96 valence electrons. The fourth-order valence-corrected chi connectivity index (χ4v) is 1.14. The van der Waals surface area contributed by atoms with E-state index >= 15 is 0 Å². The van der Waals surface area contributed by atoms with Crippen LogP contribution in [0.5, 0.6) is 5.75 Å². The van der Waals surface area contributed by atoms with E-state index < -0.39 is 5.97 Å². The molecule has 17 heavy (non-hydrogen) atoms. The molecule has 0 aliphatic heterocycles. The maximum Gasteiger partial charge on any atom is 0.342 e. The van der Waals surface area contributed by atoms with Crippen LogP contribution in [0.2, 0.25) is 0 Å². The Labute approximate surface area is 108 Å². The van der Waals surface area contributed by atoms with Gasteiger partial charge >= 0.3 is 5.97 Å². The van der Waals surface area contributed by atoms with Crippen LogP contribution in [0.1, 0.15) is 10.4 Å². The monoisotopic (exact) mass is 259 g/mol. The Morgan fingerprint density at radius 3 is 2.41 bits per heavy atom. The highest BCUT2D eigenvalue weighted by molar-refractivity contribution is 5.92. The Hall–Kier alpha value is -1.26. The second kappa shape index (κ2) is 6.47. The van der Waals surface area contributed by atoms with Gasteiger partial charge in [0.15, 0.2) is 0 Å². The van der Waals surface area contributed by atoms with Gasteiger partial charge in [0, 0.05) is 0 Å². The van der Waals surface area contributed by atoms with Crippen molar-refractivity contribution in [2.75, 3.05) is 34.3 Å². The first kappa shape index (κ1) is 15.7. The normalized spacial score (nSPS) is 10.5. The SMILES string of the molecule is C[N+](C)(C)CCOC(=O)c1ccccc1O.[Cl-]. The molecule has 1 aromatic carbocycles. The van der Waals surface area contributed by atoms with E-state index in [9.17, 15) is 9.90 Å². The summed E-state index contributed by atoms with van der Waals surface area (Å²) in [5.74, 6) is -0.524. The van der Waals surface area contributed by atoms with E-state index in [1.54, 1.807) is 18.2 Å². The van der Waals surface area contributed by atoms with E-state index in [1.165, 1.54) is 6.07 Å². The number of ether oxygens (including phenoxy) is 1. The largest absolute Gasteiger partial charge is 1.00 e. The predicted molar refractivity (Wildman–Crippen MR) is 61.3 cm³/mol. The van der Waals surface area contributed by atoms with Crippen molar-refractivity contribution < 1.29 is 31.5 Å². The molecule has 0 bridgehead atoms. The summed E-state index contributed by atoms with van der Waals surface area (Å²) in [6, 6.07) is 6.37. The van der Waals surface area contributed by atoms with Gasteiger partial charge in [0.05, 0.1) is 21.1 Å². The van der Waals surface area contributed by atoms with Crippen LogP contribution in [-0.4, -0.2) is 49.9 Å². The van der Waals surface area contributed by atoms with Crippen molar-refractivity contribution in [2.45, 2.75) is 0 Å². The van der Waals surface area contributed by atoms with Crippen LogP contribution in [0.3, 0.4) is 0 Å². The van der Waals surface area contributed by atoms with E-state index in [-0.39, 0.29) is 23.7 Å². The number of carbonyl (C=O) groups excluding carboxylic acids is 1. The van der Waals surface area contributed by atoms with Crippen molar-refractivity contribution in [1.29, 1.82) is 0 Å². The third-order valence-corrected chi connectivity index (χ3v) is 2.12. The molecule has 1 aromatic rings. The molecule has 0 radical (unpaired) electrons. The number of nitrogens with zero attached hydrogens (tertiary/aromatic N) is 1. The minimum absolute atomic E-state index is 0. The number of benzene rings is 1. The Kier molecular flexibility index (Phi) is 5.99.